The molecule has 2 unspecified atom stereocenters. The summed E-state index contributed by atoms with van der Waals surface area (Å²) in [5, 5.41) is 3.96. The lowest BCUT2D eigenvalue weighted by Gasteiger charge is -2.46. The van der Waals surface area contributed by atoms with Crippen molar-refractivity contribution in [2.45, 2.75) is 89.6 Å². The topological polar surface area (TPSA) is 15.3 Å². The number of nitrogens with zero attached hydrogens (tertiary/aromatic N) is 1. The Kier molecular flexibility index (Phi) is 6.55. The van der Waals surface area contributed by atoms with Crippen LogP contribution in [0.4, 0.5) is 0 Å². The first-order valence-electron chi connectivity index (χ1n) is 9.46. The minimum Gasteiger partial charge on any atom is -0.312 e. The van der Waals surface area contributed by atoms with Crippen molar-refractivity contribution in [3.63, 3.8) is 0 Å². The molecule has 2 fully saturated rings. The number of hydrogen-bond donors (Lipinski definition) is 1. The van der Waals surface area contributed by atoms with Gasteiger partial charge in [0.05, 0.1) is 0 Å². The molecule has 0 radical (unpaired) electrons. The third-order valence-electron chi connectivity index (χ3n) is 6.28. The van der Waals surface area contributed by atoms with Crippen molar-refractivity contribution >= 4 is 0 Å². The van der Waals surface area contributed by atoms with Gasteiger partial charge in [0.15, 0.2) is 0 Å². The van der Waals surface area contributed by atoms with Gasteiger partial charge in [-0.15, -0.1) is 0 Å². The van der Waals surface area contributed by atoms with Crippen LogP contribution in [0.1, 0.15) is 78.1 Å². The average molecular weight is 295 g/mol. The molecule has 2 aliphatic carbocycles. The van der Waals surface area contributed by atoms with Crippen LogP contribution in [0.3, 0.4) is 0 Å². The van der Waals surface area contributed by atoms with E-state index in [-0.39, 0.29) is 0 Å². The maximum absolute atomic E-state index is 3.96. The van der Waals surface area contributed by atoms with Gasteiger partial charge in [-0.25, -0.2) is 0 Å². The fourth-order valence-electron chi connectivity index (χ4n) is 4.76. The Morgan fingerprint density at radius 2 is 1.81 bits per heavy atom. The van der Waals surface area contributed by atoms with E-state index >= 15 is 0 Å². The normalized spacial score (nSPS) is 37.9. The first-order valence-corrected chi connectivity index (χ1v) is 9.46. The van der Waals surface area contributed by atoms with Crippen molar-refractivity contribution in [1.29, 1.82) is 0 Å². The van der Waals surface area contributed by atoms with Gasteiger partial charge < -0.3 is 10.2 Å². The summed E-state index contributed by atoms with van der Waals surface area (Å²) in [7, 11) is 4.58. The van der Waals surface area contributed by atoms with Crippen LogP contribution in [0.2, 0.25) is 0 Å². The maximum Gasteiger partial charge on any atom is 0.0330 e. The van der Waals surface area contributed by atoms with Crippen LogP contribution in [0.25, 0.3) is 0 Å². The van der Waals surface area contributed by atoms with Crippen molar-refractivity contribution in [2.75, 3.05) is 20.6 Å². The molecular weight excluding hydrogens is 256 g/mol. The standard InChI is InChI=1S/C19H38N2/c1-5-7-17-9-11-18(12-10-17)20-15-19(21(3)4)13-6-8-16(2)14-19/h16-18,20H,5-15H2,1-4H3. The fraction of sp³-hybridized carbons (Fsp3) is 1.00. The van der Waals surface area contributed by atoms with Crippen LogP contribution in [0.15, 0.2) is 0 Å². The van der Waals surface area contributed by atoms with Crippen molar-refractivity contribution in [3.8, 4) is 0 Å². The lowest BCUT2D eigenvalue weighted by Crippen LogP contribution is -2.55. The van der Waals surface area contributed by atoms with Gasteiger partial charge in [-0.3, -0.25) is 0 Å². The minimum absolute atomic E-state index is 0.415. The maximum atomic E-state index is 3.96. The van der Waals surface area contributed by atoms with Crippen molar-refractivity contribution < 1.29 is 0 Å². The first kappa shape index (κ1) is 17.3. The number of hydrogen-bond acceptors (Lipinski definition) is 2. The Morgan fingerprint density at radius 3 is 2.38 bits per heavy atom. The Balaban J connectivity index is 1.80. The van der Waals surface area contributed by atoms with Gasteiger partial charge in [-0.05, 0) is 64.5 Å². The lowest BCUT2D eigenvalue weighted by atomic mass is 9.75. The molecule has 2 atom stereocenters. The molecular formula is C19H38N2. The highest BCUT2D eigenvalue weighted by molar-refractivity contribution is 4.95. The summed E-state index contributed by atoms with van der Waals surface area (Å²) >= 11 is 0. The predicted molar refractivity (Wildman–Crippen MR) is 92.7 cm³/mol. The van der Waals surface area contributed by atoms with Gasteiger partial charge >= 0.3 is 0 Å². The van der Waals surface area contributed by atoms with Crippen molar-refractivity contribution in [2.24, 2.45) is 11.8 Å². The van der Waals surface area contributed by atoms with E-state index in [9.17, 15) is 0 Å². The largest absolute Gasteiger partial charge is 0.312 e. The molecule has 0 spiro atoms. The zero-order valence-corrected chi connectivity index (χ0v) is 15.0. The second kappa shape index (κ2) is 7.97. The predicted octanol–water partition coefficient (Wildman–Crippen LogP) is 4.45. The summed E-state index contributed by atoms with van der Waals surface area (Å²) in [6.45, 7) is 5.97. The summed E-state index contributed by atoms with van der Waals surface area (Å²) in [6, 6.07) is 0.784. The highest BCUT2D eigenvalue weighted by Gasteiger charge is 2.37. The second-order valence-electron chi connectivity index (χ2n) is 8.21. The van der Waals surface area contributed by atoms with E-state index in [1.807, 2.05) is 0 Å². The first-order chi connectivity index (χ1) is 10.1. The second-order valence-corrected chi connectivity index (χ2v) is 8.21. The smallest absolute Gasteiger partial charge is 0.0330 e. The van der Waals surface area contributed by atoms with E-state index in [4.69, 9.17) is 0 Å². The average Bonchev–Trinajstić information content (AvgIpc) is 2.47. The molecule has 2 saturated carbocycles. The van der Waals surface area contributed by atoms with Gasteiger partial charge in [-0.2, -0.15) is 0 Å². The highest BCUT2D eigenvalue weighted by Crippen LogP contribution is 2.36. The number of nitrogens with one attached hydrogen (secondary N) is 1. The van der Waals surface area contributed by atoms with Gasteiger partial charge in [-0.1, -0.05) is 39.5 Å². The zero-order chi connectivity index (χ0) is 15.3. The molecule has 0 bridgehead atoms. The van der Waals surface area contributed by atoms with E-state index in [2.05, 4.69) is 38.2 Å². The van der Waals surface area contributed by atoms with Crippen LogP contribution < -0.4 is 5.32 Å². The Morgan fingerprint density at radius 1 is 1.10 bits per heavy atom. The summed E-state index contributed by atoms with van der Waals surface area (Å²) in [5.41, 5.74) is 0.415. The Labute approximate surface area is 133 Å². The van der Waals surface area contributed by atoms with E-state index < -0.39 is 0 Å². The van der Waals surface area contributed by atoms with Crippen LogP contribution in [-0.4, -0.2) is 37.1 Å². The third kappa shape index (κ3) is 4.69. The Hall–Kier alpha value is -0.0800. The number of likely N-dealkylation sites (N-methyl/N-ethyl adjacent to an activating group) is 1. The molecule has 124 valence electrons. The van der Waals surface area contributed by atoms with Crippen molar-refractivity contribution in [1.82, 2.24) is 10.2 Å². The zero-order valence-electron chi connectivity index (χ0n) is 15.0. The Bertz CT molecular complexity index is 294. The minimum atomic E-state index is 0.415. The number of rotatable bonds is 6. The van der Waals surface area contributed by atoms with Gasteiger partial charge in [0.1, 0.15) is 0 Å². The summed E-state index contributed by atoms with van der Waals surface area (Å²) in [5.74, 6) is 1.91. The van der Waals surface area contributed by atoms with E-state index in [1.165, 1.54) is 70.8 Å². The van der Waals surface area contributed by atoms with Gasteiger partial charge in [0.25, 0.3) is 0 Å². The van der Waals surface area contributed by atoms with Crippen molar-refractivity contribution in [3.05, 3.63) is 0 Å². The van der Waals surface area contributed by atoms with Gasteiger partial charge in [0.2, 0.25) is 0 Å². The molecule has 2 aliphatic rings. The quantitative estimate of drug-likeness (QED) is 0.779. The summed E-state index contributed by atoms with van der Waals surface area (Å²) < 4.78 is 0. The van der Waals surface area contributed by atoms with Crippen LogP contribution >= 0.6 is 0 Å². The molecule has 0 aromatic carbocycles. The van der Waals surface area contributed by atoms with E-state index in [1.54, 1.807) is 0 Å². The summed E-state index contributed by atoms with van der Waals surface area (Å²) in [6.07, 6.45) is 14.1. The SMILES string of the molecule is CCCC1CCC(NCC2(N(C)C)CCCC(C)C2)CC1. The molecule has 2 heteroatoms. The molecule has 0 aromatic heterocycles. The molecule has 21 heavy (non-hydrogen) atoms. The summed E-state index contributed by atoms with van der Waals surface area (Å²) in [4.78, 5) is 2.51. The van der Waals surface area contributed by atoms with E-state index in [0.29, 0.717) is 5.54 Å². The van der Waals surface area contributed by atoms with Crippen LogP contribution in [-0.2, 0) is 0 Å². The van der Waals surface area contributed by atoms with Gasteiger partial charge in [0, 0.05) is 18.1 Å². The third-order valence-corrected chi connectivity index (χ3v) is 6.28. The fourth-order valence-corrected chi connectivity index (χ4v) is 4.76. The molecule has 2 nitrogen and oxygen atoms in total. The monoisotopic (exact) mass is 294 g/mol. The molecule has 0 aromatic rings. The molecule has 0 amide bonds. The van der Waals surface area contributed by atoms with Crippen LogP contribution in [0.5, 0.6) is 0 Å². The molecule has 1 N–H and O–H groups in total. The highest BCUT2D eigenvalue weighted by atomic mass is 15.2. The molecule has 2 rings (SSSR count). The molecule has 0 saturated heterocycles. The molecule has 0 aliphatic heterocycles. The van der Waals surface area contributed by atoms with Crippen LogP contribution in [0, 0.1) is 11.8 Å². The lowest BCUT2D eigenvalue weighted by molar-refractivity contribution is 0.0696. The van der Waals surface area contributed by atoms with E-state index in [0.717, 1.165) is 17.9 Å². The molecule has 0 heterocycles.